The Morgan fingerprint density at radius 1 is 1.04 bits per heavy atom. The van der Waals surface area contributed by atoms with Gasteiger partial charge in [-0.3, -0.25) is 4.79 Å². The van der Waals surface area contributed by atoms with Crippen molar-refractivity contribution in [3.05, 3.63) is 71.4 Å². The summed E-state index contributed by atoms with van der Waals surface area (Å²) in [5.74, 6) is 0.701. The van der Waals surface area contributed by atoms with Crippen LogP contribution in [0.5, 0.6) is 0 Å². The fourth-order valence-corrected chi connectivity index (χ4v) is 3.81. The van der Waals surface area contributed by atoms with E-state index in [1.807, 2.05) is 36.1 Å². The standard InChI is InChI=1S/C21H22N2O/c1-15-6-2-3-7-17(15)21(24)23-12-10-16(11-13-23)19-14-22-20-9-5-4-8-18(19)20/h2-9,14,16,22H,10-13H2,1H3. The molecule has 1 aliphatic heterocycles. The predicted molar refractivity (Wildman–Crippen MR) is 97.4 cm³/mol. The van der Waals surface area contributed by atoms with Crippen molar-refractivity contribution in [1.82, 2.24) is 9.88 Å². The van der Waals surface area contributed by atoms with Crippen molar-refractivity contribution >= 4 is 16.8 Å². The molecule has 1 amide bonds. The largest absolute Gasteiger partial charge is 0.361 e. The SMILES string of the molecule is Cc1ccccc1C(=O)N1CCC(c2c[nH]c3ccccc23)CC1. The number of hydrogen-bond acceptors (Lipinski definition) is 1. The molecule has 1 N–H and O–H groups in total. The van der Waals surface area contributed by atoms with Gasteiger partial charge in [-0.25, -0.2) is 0 Å². The van der Waals surface area contributed by atoms with Crippen LogP contribution < -0.4 is 0 Å². The first-order valence-electron chi connectivity index (χ1n) is 8.65. The van der Waals surface area contributed by atoms with Crippen LogP contribution in [0.2, 0.25) is 0 Å². The zero-order valence-electron chi connectivity index (χ0n) is 14.0. The Kier molecular flexibility index (Phi) is 3.85. The van der Waals surface area contributed by atoms with Crippen LogP contribution in [0.4, 0.5) is 0 Å². The number of nitrogens with one attached hydrogen (secondary N) is 1. The van der Waals surface area contributed by atoms with E-state index >= 15 is 0 Å². The Morgan fingerprint density at radius 2 is 1.75 bits per heavy atom. The third kappa shape index (κ3) is 2.60. The zero-order valence-corrected chi connectivity index (χ0v) is 14.0. The summed E-state index contributed by atoms with van der Waals surface area (Å²) in [7, 11) is 0. The highest BCUT2D eigenvalue weighted by atomic mass is 16.2. The van der Waals surface area contributed by atoms with Gasteiger partial charge in [0.05, 0.1) is 0 Å². The second kappa shape index (κ2) is 6.16. The second-order valence-electron chi connectivity index (χ2n) is 6.67. The van der Waals surface area contributed by atoms with Gasteiger partial charge in [0.25, 0.3) is 5.91 Å². The summed E-state index contributed by atoms with van der Waals surface area (Å²) in [6.45, 7) is 3.67. The lowest BCUT2D eigenvalue weighted by Gasteiger charge is -2.32. The molecule has 0 radical (unpaired) electrons. The van der Waals surface area contributed by atoms with Crippen LogP contribution in [0.3, 0.4) is 0 Å². The minimum absolute atomic E-state index is 0.172. The number of fused-ring (bicyclic) bond motifs is 1. The zero-order chi connectivity index (χ0) is 16.5. The van der Waals surface area contributed by atoms with Crippen LogP contribution in [0, 0.1) is 6.92 Å². The maximum Gasteiger partial charge on any atom is 0.254 e. The molecule has 0 saturated carbocycles. The number of nitrogens with zero attached hydrogens (tertiary/aromatic N) is 1. The number of aryl methyl sites for hydroxylation is 1. The van der Waals surface area contributed by atoms with Gasteiger partial charge >= 0.3 is 0 Å². The van der Waals surface area contributed by atoms with Crippen LogP contribution in [0.25, 0.3) is 10.9 Å². The number of H-pyrrole nitrogens is 1. The van der Waals surface area contributed by atoms with E-state index in [0.717, 1.165) is 37.1 Å². The molecule has 1 aromatic heterocycles. The van der Waals surface area contributed by atoms with Gasteiger partial charge < -0.3 is 9.88 Å². The van der Waals surface area contributed by atoms with Crippen LogP contribution in [-0.2, 0) is 0 Å². The summed E-state index contributed by atoms with van der Waals surface area (Å²) < 4.78 is 0. The molecule has 4 rings (SSSR count). The van der Waals surface area contributed by atoms with Crippen LogP contribution in [0.15, 0.2) is 54.7 Å². The number of benzene rings is 2. The number of amides is 1. The van der Waals surface area contributed by atoms with E-state index < -0.39 is 0 Å². The summed E-state index contributed by atoms with van der Waals surface area (Å²) in [6, 6.07) is 16.3. The van der Waals surface area contributed by atoms with E-state index in [9.17, 15) is 4.79 Å². The minimum atomic E-state index is 0.172. The molecule has 0 unspecified atom stereocenters. The maximum absolute atomic E-state index is 12.7. The van der Waals surface area contributed by atoms with Crippen molar-refractivity contribution in [2.24, 2.45) is 0 Å². The highest BCUT2D eigenvalue weighted by Gasteiger charge is 2.26. The molecular formula is C21H22N2O. The van der Waals surface area contributed by atoms with Gasteiger partial charge in [0, 0.05) is 35.8 Å². The lowest BCUT2D eigenvalue weighted by molar-refractivity contribution is 0.0712. The molecule has 1 aliphatic rings. The van der Waals surface area contributed by atoms with Crippen molar-refractivity contribution in [2.45, 2.75) is 25.7 Å². The van der Waals surface area contributed by atoms with E-state index in [4.69, 9.17) is 0 Å². The van der Waals surface area contributed by atoms with E-state index in [2.05, 4.69) is 35.4 Å². The molecule has 3 nitrogen and oxygen atoms in total. The number of piperidine rings is 1. The first kappa shape index (κ1) is 15.0. The normalized spacial score (nSPS) is 15.8. The smallest absolute Gasteiger partial charge is 0.254 e. The topological polar surface area (TPSA) is 36.1 Å². The van der Waals surface area contributed by atoms with Gasteiger partial charge in [0.15, 0.2) is 0 Å². The van der Waals surface area contributed by atoms with E-state index in [-0.39, 0.29) is 5.91 Å². The third-order valence-electron chi connectivity index (χ3n) is 5.22. The molecule has 3 aromatic rings. The Bertz CT molecular complexity index is 872. The molecule has 2 aromatic carbocycles. The number of rotatable bonds is 2. The minimum Gasteiger partial charge on any atom is -0.361 e. The monoisotopic (exact) mass is 318 g/mol. The van der Waals surface area contributed by atoms with Crippen LogP contribution in [0.1, 0.15) is 40.2 Å². The van der Waals surface area contributed by atoms with Gasteiger partial charge in [-0.05, 0) is 48.9 Å². The molecule has 2 heterocycles. The van der Waals surface area contributed by atoms with Gasteiger partial charge in [-0.15, -0.1) is 0 Å². The van der Waals surface area contributed by atoms with Crippen molar-refractivity contribution in [3.8, 4) is 0 Å². The molecule has 24 heavy (non-hydrogen) atoms. The quantitative estimate of drug-likeness (QED) is 0.742. The third-order valence-corrected chi connectivity index (χ3v) is 5.22. The number of hydrogen-bond donors (Lipinski definition) is 1. The number of aromatic amines is 1. The summed E-state index contributed by atoms with van der Waals surface area (Å²) in [4.78, 5) is 18.1. The molecule has 1 saturated heterocycles. The van der Waals surface area contributed by atoms with E-state index in [1.165, 1.54) is 16.5 Å². The van der Waals surface area contributed by atoms with Crippen molar-refractivity contribution in [1.29, 1.82) is 0 Å². The number of para-hydroxylation sites is 1. The molecule has 0 atom stereocenters. The van der Waals surface area contributed by atoms with Crippen molar-refractivity contribution in [3.63, 3.8) is 0 Å². The van der Waals surface area contributed by atoms with E-state index in [0.29, 0.717) is 5.92 Å². The van der Waals surface area contributed by atoms with Crippen molar-refractivity contribution in [2.75, 3.05) is 13.1 Å². The Hall–Kier alpha value is -2.55. The molecule has 1 fully saturated rings. The number of likely N-dealkylation sites (tertiary alicyclic amines) is 1. The lowest BCUT2D eigenvalue weighted by atomic mass is 9.89. The number of carbonyl (C=O) groups excluding carboxylic acids is 1. The summed E-state index contributed by atoms with van der Waals surface area (Å²) in [5, 5.41) is 1.32. The molecule has 0 bridgehead atoms. The van der Waals surface area contributed by atoms with Crippen molar-refractivity contribution < 1.29 is 4.79 Å². The average Bonchev–Trinajstić information content (AvgIpc) is 3.06. The molecule has 0 spiro atoms. The Balaban J connectivity index is 1.49. The fourth-order valence-electron chi connectivity index (χ4n) is 3.81. The molecule has 122 valence electrons. The highest BCUT2D eigenvalue weighted by molar-refractivity contribution is 5.95. The van der Waals surface area contributed by atoms with Gasteiger partial charge in [0.2, 0.25) is 0 Å². The van der Waals surface area contributed by atoms with Gasteiger partial charge in [-0.2, -0.15) is 0 Å². The predicted octanol–water partition coefficient (Wildman–Crippen LogP) is 4.50. The average molecular weight is 318 g/mol. The van der Waals surface area contributed by atoms with E-state index in [1.54, 1.807) is 0 Å². The Labute approximate surface area is 142 Å². The fraction of sp³-hybridized carbons (Fsp3) is 0.286. The van der Waals surface area contributed by atoms with Gasteiger partial charge in [-0.1, -0.05) is 36.4 Å². The summed E-state index contributed by atoms with van der Waals surface area (Å²) >= 11 is 0. The van der Waals surface area contributed by atoms with Crippen LogP contribution >= 0.6 is 0 Å². The summed E-state index contributed by atoms with van der Waals surface area (Å²) in [5.41, 5.74) is 4.49. The first-order valence-corrected chi connectivity index (χ1v) is 8.65. The maximum atomic E-state index is 12.7. The summed E-state index contributed by atoms with van der Waals surface area (Å²) in [6.07, 6.45) is 4.20. The number of aromatic nitrogens is 1. The first-order chi connectivity index (χ1) is 11.7. The second-order valence-corrected chi connectivity index (χ2v) is 6.67. The molecule has 0 aliphatic carbocycles. The highest BCUT2D eigenvalue weighted by Crippen LogP contribution is 2.33. The van der Waals surface area contributed by atoms with Crippen LogP contribution in [-0.4, -0.2) is 28.9 Å². The van der Waals surface area contributed by atoms with Gasteiger partial charge in [0.1, 0.15) is 0 Å². The Morgan fingerprint density at radius 3 is 2.54 bits per heavy atom. The molecular weight excluding hydrogens is 296 g/mol. The molecule has 3 heteroatoms. The number of carbonyl (C=O) groups is 1. The lowest BCUT2D eigenvalue weighted by Crippen LogP contribution is -2.38.